The van der Waals surface area contributed by atoms with Gasteiger partial charge in [0, 0.05) is 12.2 Å². The van der Waals surface area contributed by atoms with E-state index in [9.17, 15) is 14.9 Å². The lowest BCUT2D eigenvalue weighted by molar-refractivity contribution is -0.117. The lowest BCUT2D eigenvalue weighted by Crippen LogP contribution is -2.32. The van der Waals surface area contributed by atoms with Crippen LogP contribution in [0.2, 0.25) is 10.0 Å². The second-order valence-electron chi connectivity index (χ2n) is 8.90. The molecule has 3 aromatic rings. The molecule has 4 rings (SSSR count). The molecule has 0 aliphatic carbocycles. The van der Waals surface area contributed by atoms with Crippen LogP contribution in [0.4, 0.5) is 5.69 Å². The van der Waals surface area contributed by atoms with Crippen LogP contribution < -0.4 is 10.2 Å². The van der Waals surface area contributed by atoms with Crippen LogP contribution >= 0.6 is 35.0 Å². The molecule has 0 spiro atoms. The molecule has 37 heavy (non-hydrogen) atoms. The van der Waals surface area contributed by atoms with Gasteiger partial charge < -0.3 is 5.32 Å². The molecular formula is C29H25Cl2N3O2S. The molecule has 3 aromatic carbocycles. The minimum Gasteiger partial charge on any atom is -0.347 e. The Morgan fingerprint density at radius 2 is 1.76 bits per heavy atom. The van der Waals surface area contributed by atoms with Gasteiger partial charge >= 0.3 is 0 Å². The zero-order chi connectivity index (χ0) is 26.5. The molecule has 0 aromatic heterocycles. The van der Waals surface area contributed by atoms with Crippen molar-refractivity contribution in [2.75, 3.05) is 4.90 Å². The van der Waals surface area contributed by atoms with Crippen molar-refractivity contribution >= 4 is 52.5 Å². The lowest BCUT2D eigenvalue weighted by atomic mass is 10.0. The Hall–Kier alpha value is -3.24. The Balaban J connectivity index is 1.70. The summed E-state index contributed by atoms with van der Waals surface area (Å²) in [5, 5.41) is 13.4. The number of nitrogens with zero attached hydrogens (tertiary/aromatic N) is 2. The Morgan fingerprint density at radius 1 is 1.05 bits per heavy atom. The van der Waals surface area contributed by atoms with Crippen molar-refractivity contribution in [3.05, 3.63) is 110 Å². The number of amides is 2. The number of carbonyl (C=O) groups excluding carboxylic acids is 2. The highest BCUT2D eigenvalue weighted by molar-refractivity contribution is 8.05. The maximum Gasteiger partial charge on any atom is 0.264 e. The number of anilines is 1. The highest BCUT2D eigenvalue weighted by Crippen LogP contribution is 2.43. The first-order valence-corrected chi connectivity index (χ1v) is 13.4. The summed E-state index contributed by atoms with van der Waals surface area (Å²) in [5.41, 5.74) is 3.24. The van der Waals surface area contributed by atoms with E-state index in [1.54, 1.807) is 12.1 Å². The van der Waals surface area contributed by atoms with Crippen LogP contribution in [0.5, 0.6) is 0 Å². The number of nitriles is 1. The summed E-state index contributed by atoms with van der Waals surface area (Å²) in [7, 11) is 0. The van der Waals surface area contributed by atoms with E-state index in [-0.39, 0.29) is 18.0 Å². The molecule has 1 unspecified atom stereocenters. The van der Waals surface area contributed by atoms with Crippen LogP contribution in [0, 0.1) is 11.3 Å². The summed E-state index contributed by atoms with van der Waals surface area (Å²) in [4.78, 5) is 28.3. The Morgan fingerprint density at radius 3 is 2.41 bits per heavy atom. The number of rotatable bonds is 7. The SMILES string of the molecule is CC(C)c1ccc(N2C(=O)C(Cc3cccc(Cl)c3Cl)S/C2=C(/C#N)C(=O)NCc2ccccc2)cc1. The highest BCUT2D eigenvalue weighted by Gasteiger charge is 2.41. The number of halogens is 2. The standard InChI is InChI=1S/C29H25Cl2N3O2S/c1-18(2)20-11-13-22(14-12-20)34-28(36)25(15-21-9-6-10-24(30)26(21)31)37-29(34)23(16-32)27(35)33-17-19-7-4-3-5-8-19/h3-14,18,25H,15,17H2,1-2H3,(H,33,35)/b29-23-. The molecule has 1 heterocycles. The fourth-order valence-corrected chi connectivity index (χ4v) is 5.70. The fraction of sp³-hybridized carbons (Fsp3) is 0.207. The predicted molar refractivity (Wildman–Crippen MR) is 150 cm³/mol. The van der Waals surface area contributed by atoms with Gasteiger partial charge in [0.25, 0.3) is 5.91 Å². The lowest BCUT2D eigenvalue weighted by Gasteiger charge is -2.19. The van der Waals surface area contributed by atoms with Gasteiger partial charge in [-0.25, -0.2) is 0 Å². The maximum absolute atomic E-state index is 13.7. The van der Waals surface area contributed by atoms with Crippen LogP contribution in [0.15, 0.2) is 83.4 Å². The first-order valence-electron chi connectivity index (χ1n) is 11.8. The van der Waals surface area contributed by atoms with E-state index >= 15 is 0 Å². The summed E-state index contributed by atoms with van der Waals surface area (Å²) < 4.78 is 0. The number of carbonyl (C=O) groups is 2. The first-order chi connectivity index (χ1) is 17.8. The van der Waals surface area contributed by atoms with Crippen molar-refractivity contribution in [3.8, 4) is 6.07 Å². The van der Waals surface area contributed by atoms with Crippen LogP contribution in [0.1, 0.15) is 36.5 Å². The van der Waals surface area contributed by atoms with Gasteiger partial charge in [0.05, 0.1) is 15.3 Å². The van der Waals surface area contributed by atoms with E-state index in [2.05, 4.69) is 19.2 Å². The third-order valence-corrected chi connectivity index (χ3v) is 8.18. The minimum atomic E-state index is -0.582. The van der Waals surface area contributed by atoms with E-state index in [1.165, 1.54) is 16.7 Å². The number of hydrogen-bond donors (Lipinski definition) is 1. The molecule has 1 fully saturated rings. The van der Waals surface area contributed by atoms with Crippen molar-refractivity contribution in [2.45, 2.75) is 38.0 Å². The van der Waals surface area contributed by atoms with Crippen molar-refractivity contribution < 1.29 is 9.59 Å². The monoisotopic (exact) mass is 549 g/mol. The maximum atomic E-state index is 13.7. The zero-order valence-electron chi connectivity index (χ0n) is 20.4. The quantitative estimate of drug-likeness (QED) is 0.258. The second-order valence-corrected chi connectivity index (χ2v) is 10.9. The summed E-state index contributed by atoms with van der Waals surface area (Å²) in [5.74, 6) is -0.437. The largest absolute Gasteiger partial charge is 0.347 e. The molecule has 8 heteroatoms. The van der Waals surface area contributed by atoms with Gasteiger partial charge in [-0.2, -0.15) is 5.26 Å². The topological polar surface area (TPSA) is 73.2 Å². The summed E-state index contributed by atoms with van der Waals surface area (Å²) >= 11 is 13.8. The van der Waals surface area contributed by atoms with Gasteiger partial charge in [0.1, 0.15) is 16.7 Å². The van der Waals surface area contributed by atoms with Gasteiger partial charge in [0.2, 0.25) is 5.91 Å². The predicted octanol–water partition coefficient (Wildman–Crippen LogP) is 6.86. The van der Waals surface area contributed by atoms with Gasteiger partial charge in [-0.3, -0.25) is 14.5 Å². The molecule has 188 valence electrons. The van der Waals surface area contributed by atoms with E-state index in [0.29, 0.717) is 33.1 Å². The van der Waals surface area contributed by atoms with Gasteiger partial charge in [-0.1, -0.05) is 103 Å². The van der Waals surface area contributed by atoms with Gasteiger partial charge in [-0.05, 0) is 47.2 Å². The molecule has 0 saturated carbocycles. The number of hydrogen-bond acceptors (Lipinski definition) is 4. The van der Waals surface area contributed by atoms with Crippen LogP contribution in [0.25, 0.3) is 0 Å². The molecule has 1 atom stereocenters. The van der Waals surface area contributed by atoms with Crippen LogP contribution in [-0.2, 0) is 22.6 Å². The van der Waals surface area contributed by atoms with Gasteiger partial charge in [-0.15, -0.1) is 0 Å². The van der Waals surface area contributed by atoms with Gasteiger partial charge in [0.15, 0.2) is 0 Å². The molecular weight excluding hydrogens is 525 g/mol. The van der Waals surface area contributed by atoms with E-state index in [0.717, 1.165) is 16.7 Å². The molecule has 0 radical (unpaired) electrons. The van der Waals surface area contributed by atoms with E-state index < -0.39 is 11.2 Å². The average molecular weight is 551 g/mol. The molecule has 1 N–H and O–H groups in total. The number of benzene rings is 3. The molecule has 1 saturated heterocycles. The normalized spacial score (nSPS) is 16.6. The van der Waals surface area contributed by atoms with Crippen molar-refractivity contribution in [3.63, 3.8) is 0 Å². The Bertz CT molecular complexity index is 1380. The molecule has 2 amide bonds. The molecule has 0 bridgehead atoms. The first kappa shape index (κ1) is 26.8. The molecule has 5 nitrogen and oxygen atoms in total. The molecule has 1 aliphatic rings. The minimum absolute atomic E-state index is 0.109. The number of nitrogens with one attached hydrogen (secondary N) is 1. The third-order valence-electron chi connectivity index (χ3n) is 6.06. The fourth-order valence-electron chi connectivity index (χ4n) is 4.00. The Labute approximate surface area is 231 Å². The van der Waals surface area contributed by atoms with Crippen molar-refractivity contribution in [1.29, 1.82) is 5.26 Å². The Kier molecular flexibility index (Phi) is 8.60. The summed E-state index contributed by atoms with van der Waals surface area (Å²) in [6, 6.07) is 24.4. The average Bonchev–Trinajstić information content (AvgIpc) is 3.21. The third kappa shape index (κ3) is 6.02. The van der Waals surface area contributed by atoms with Crippen molar-refractivity contribution in [2.24, 2.45) is 0 Å². The smallest absolute Gasteiger partial charge is 0.264 e. The number of thioether (sulfide) groups is 1. The van der Waals surface area contributed by atoms with E-state index in [1.807, 2.05) is 66.7 Å². The second kappa shape index (κ2) is 11.9. The van der Waals surface area contributed by atoms with Crippen LogP contribution in [-0.4, -0.2) is 17.1 Å². The van der Waals surface area contributed by atoms with Crippen molar-refractivity contribution in [1.82, 2.24) is 5.32 Å². The van der Waals surface area contributed by atoms with Crippen LogP contribution in [0.3, 0.4) is 0 Å². The summed E-state index contributed by atoms with van der Waals surface area (Å²) in [6.45, 7) is 4.45. The zero-order valence-corrected chi connectivity index (χ0v) is 22.7. The van der Waals surface area contributed by atoms with E-state index in [4.69, 9.17) is 23.2 Å². The molecule has 1 aliphatic heterocycles. The highest BCUT2D eigenvalue weighted by atomic mass is 35.5. The summed E-state index contributed by atoms with van der Waals surface area (Å²) in [6.07, 6.45) is 0.303.